The number of nitrogens with zero attached hydrogens (tertiary/aromatic N) is 1. The Balaban J connectivity index is 1.90. The summed E-state index contributed by atoms with van der Waals surface area (Å²) in [7, 11) is 0. The van der Waals surface area contributed by atoms with Crippen LogP contribution in [0.15, 0.2) is 18.5 Å². The molecule has 1 aliphatic rings. The monoisotopic (exact) mass is 236 g/mol. The molecule has 1 aromatic heterocycles. The van der Waals surface area contributed by atoms with Crippen molar-refractivity contribution in [2.45, 2.75) is 44.0 Å². The van der Waals surface area contributed by atoms with Crippen LogP contribution in [-0.2, 0) is 6.54 Å². The Morgan fingerprint density at radius 1 is 1.50 bits per heavy atom. The van der Waals surface area contributed by atoms with E-state index in [9.17, 15) is 0 Å². The van der Waals surface area contributed by atoms with Crippen molar-refractivity contribution in [1.82, 2.24) is 10.3 Å². The van der Waals surface area contributed by atoms with Gasteiger partial charge in [0.15, 0.2) is 0 Å². The van der Waals surface area contributed by atoms with Gasteiger partial charge in [-0.25, -0.2) is 0 Å². The molecule has 0 spiro atoms. The third-order valence-electron chi connectivity index (χ3n) is 3.46. The molecular formula is C13H20N2S. The van der Waals surface area contributed by atoms with Crippen LogP contribution >= 0.6 is 11.8 Å². The number of hydrogen-bond acceptors (Lipinski definition) is 3. The second kappa shape index (κ2) is 5.69. The number of thioether (sulfide) groups is 1. The van der Waals surface area contributed by atoms with Gasteiger partial charge in [-0.05, 0) is 43.2 Å². The van der Waals surface area contributed by atoms with Crippen LogP contribution in [0.25, 0.3) is 0 Å². The molecule has 0 bridgehead atoms. The largest absolute Gasteiger partial charge is 0.309 e. The van der Waals surface area contributed by atoms with Crippen LogP contribution < -0.4 is 5.32 Å². The molecule has 0 aromatic carbocycles. The Bertz CT molecular complexity index is 340. The quantitative estimate of drug-likeness (QED) is 0.870. The van der Waals surface area contributed by atoms with Crippen molar-refractivity contribution in [3.63, 3.8) is 0 Å². The molecule has 0 saturated heterocycles. The first-order chi connectivity index (χ1) is 7.81. The smallest absolute Gasteiger partial charge is 0.0315 e. The third kappa shape index (κ3) is 2.77. The molecule has 2 rings (SSSR count). The molecule has 1 aliphatic carbocycles. The van der Waals surface area contributed by atoms with Crippen molar-refractivity contribution in [3.05, 3.63) is 29.6 Å². The predicted molar refractivity (Wildman–Crippen MR) is 70.8 cm³/mol. The summed E-state index contributed by atoms with van der Waals surface area (Å²) in [4.78, 5) is 4.18. The first kappa shape index (κ1) is 11.9. The molecule has 1 N–H and O–H groups in total. The van der Waals surface area contributed by atoms with Crippen molar-refractivity contribution in [3.8, 4) is 0 Å². The molecule has 1 heterocycles. The first-order valence-electron chi connectivity index (χ1n) is 5.97. The Labute approximate surface area is 102 Å². The summed E-state index contributed by atoms with van der Waals surface area (Å²) in [5.74, 6) is 0. The van der Waals surface area contributed by atoms with Crippen LogP contribution in [0.4, 0.5) is 0 Å². The molecule has 2 nitrogen and oxygen atoms in total. The van der Waals surface area contributed by atoms with Gasteiger partial charge in [0.1, 0.15) is 0 Å². The maximum Gasteiger partial charge on any atom is 0.0315 e. The fourth-order valence-corrected chi connectivity index (χ4v) is 3.33. The Morgan fingerprint density at radius 3 is 3.12 bits per heavy atom. The van der Waals surface area contributed by atoms with Gasteiger partial charge in [-0.1, -0.05) is 6.42 Å². The lowest BCUT2D eigenvalue weighted by Gasteiger charge is -2.19. The van der Waals surface area contributed by atoms with Crippen molar-refractivity contribution < 1.29 is 0 Å². The number of nitrogens with one attached hydrogen (secondary N) is 1. The van der Waals surface area contributed by atoms with E-state index in [4.69, 9.17) is 0 Å². The SMILES string of the molecule is CSC1CCCC1NCc1cnccc1C. The number of aryl methyl sites for hydroxylation is 1. The molecule has 88 valence electrons. The van der Waals surface area contributed by atoms with Gasteiger partial charge >= 0.3 is 0 Å². The molecule has 3 heteroatoms. The minimum absolute atomic E-state index is 0.689. The highest BCUT2D eigenvalue weighted by Crippen LogP contribution is 2.28. The Morgan fingerprint density at radius 2 is 2.38 bits per heavy atom. The minimum atomic E-state index is 0.689. The van der Waals surface area contributed by atoms with Crippen molar-refractivity contribution in [1.29, 1.82) is 0 Å². The maximum atomic E-state index is 4.18. The lowest BCUT2D eigenvalue weighted by atomic mass is 10.1. The second-order valence-electron chi connectivity index (χ2n) is 4.49. The first-order valence-corrected chi connectivity index (χ1v) is 7.25. The van der Waals surface area contributed by atoms with Crippen LogP contribution in [0.3, 0.4) is 0 Å². The average Bonchev–Trinajstić information content (AvgIpc) is 2.75. The van der Waals surface area contributed by atoms with Crippen LogP contribution in [0.5, 0.6) is 0 Å². The standard InChI is InChI=1S/C13H20N2S/c1-10-6-7-14-8-11(10)9-15-12-4-3-5-13(12)16-2/h6-8,12-13,15H,3-5,9H2,1-2H3. The lowest BCUT2D eigenvalue weighted by molar-refractivity contribution is 0.531. The van der Waals surface area contributed by atoms with E-state index in [1.807, 2.05) is 24.2 Å². The van der Waals surface area contributed by atoms with Crippen LogP contribution in [0, 0.1) is 6.92 Å². The van der Waals surface area contributed by atoms with E-state index in [-0.39, 0.29) is 0 Å². The second-order valence-corrected chi connectivity index (χ2v) is 5.57. The molecular weight excluding hydrogens is 216 g/mol. The Kier molecular flexibility index (Phi) is 4.24. The van der Waals surface area contributed by atoms with E-state index in [1.165, 1.54) is 30.4 Å². The zero-order valence-corrected chi connectivity index (χ0v) is 10.9. The van der Waals surface area contributed by atoms with Gasteiger partial charge in [-0.15, -0.1) is 0 Å². The normalized spacial score (nSPS) is 24.9. The topological polar surface area (TPSA) is 24.9 Å². The van der Waals surface area contributed by atoms with Crippen molar-refractivity contribution in [2.24, 2.45) is 0 Å². The van der Waals surface area contributed by atoms with E-state index < -0.39 is 0 Å². The highest BCUT2D eigenvalue weighted by atomic mass is 32.2. The van der Waals surface area contributed by atoms with E-state index in [0.29, 0.717) is 6.04 Å². The highest BCUT2D eigenvalue weighted by molar-refractivity contribution is 7.99. The van der Waals surface area contributed by atoms with Crippen LogP contribution in [-0.4, -0.2) is 22.5 Å². The van der Waals surface area contributed by atoms with Crippen molar-refractivity contribution >= 4 is 11.8 Å². The molecule has 1 aromatic rings. The third-order valence-corrected chi connectivity index (χ3v) is 4.63. The molecule has 0 amide bonds. The van der Waals surface area contributed by atoms with Gasteiger partial charge in [0, 0.05) is 30.2 Å². The Hall–Kier alpha value is -0.540. The molecule has 2 atom stereocenters. The van der Waals surface area contributed by atoms with Gasteiger partial charge in [0.25, 0.3) is 0 Å². The van der Waals surface area contributed by atoms with Crippen molar-refractivity contribution in [2.75, 3.05) is 6.26 Å². The van der Waals surface area contributed by atoms with Gasteiger partial charge in [0.05, 0.1) is 0 Å². The molecule has 1 saturated carbocycles. The minimum Gasteiger partial charge on any atom is -0.309 e. The summed E-state index contributed by atoms with van der Waals surface area (Å²) >= 11 is 2.00. The highest BCUT2D eigenvalue weighted by Gasteiger charge is 2.25. The van der Waals surface area contributed by atoms with Crippen LogP contribution in [0.2, 0.25) is 0 Å². The summed E-state index contributed by atoms with van der Waals surface area (Å²) in [6.45, 7) is 3.11. The lowest BCUT2D eigenvalue weighted by Crippen LogP contribution is -2.33. The molecule has 16 heavy (non-hydrogen) atoms. The summed E-state index contributed by atoms with van der Waals surface area (Å²) < 4.78 is 0. The van der Waals surface area contributed by atoms with E-state index >= 15 is 0 Å². The fraction of sp³-hybridized carbons (Fsp3) is 0.615. The summed E-state index contributed by atoms with van der Waals surface area (Å²) in [5, 5.41) is 4.48. The number of rotatable bonds is 4. The average molecular weight is 236 g/mol. The van der Waals surface area contributed by atoms with Crippen LogP contribution in [0.1, 0.15) is 30.4 Å². The molecule has 0 radical (unpaired) electrons. The predicted octanol–water partition coefficient (Wildman–Crippen LogP) is 2.76. The van der Waals surface area contributed by atoms with Gasteiger partial charge in [-0.3, -0.25) is 4.98 Å². The van der Waals surface area contributed by atoms with E-state index in [2.05, 4.69) is 29.5 Å². The van der Waals surface area contributed by atoms with Gasteiger partial charge in [-0.2, -0.15) is 11.8 Å². The molecule has 1 fully saturated rings. The zero-order valence-electron chi connectivity index (χ0n) is 10.1. The molecule has 0 aliphatic heterocycles. The van der Waals surface area contributed by atoms with E-state index in [0.717, 1.165) is 11.8 Å². The fourth-order valence-electron chi connectivity index (χ4n) is 2.36. The van der Waals surface area contributed by atoms with E-state index in [1.54, 1.807) is 0 Å². The summed E-state index contributed by atoms with van der Waals surface area (Å²) in [6, 6.07) is 2.77. The number of hydrogen-bond donors (Lipinski definition) is 1. The number of aromatic nitrogens is 1. The van der Waals surface area contributed by atoms with Gasteiger partial charge in [0.2, 0.25) is 0 Å². The zero-order chi connectivity index (χ0) is 11.4. The number of pyridine rings is 1. The summed E-state index contributed by atoms with van der Waals surface area (Å²) in [6.07, 6.45) is 10.1. The molecule has 2 unspecified atom stereocenters. The summed E-state index contributed by atoms with van der Waals surface area (Å²) in [5.41, 5.74) is 2.66. The maximum absolute atomic E-state index is 4.18. The van der Waals surface area contributed by atoms with Gasteiger partial charge < -0.3 is 5.32 Å².